The number of amides is 1. The van der Waals surface area contributed by atoms with Crippen molar-refractivity contribution >= 4 is 29.0 Å². The maximum atomic E-state index is 14.1. The molecule has 0 spiro atoms. The molecular weight excluding hydrogens is 500 g/mol. The number of ketones is 3. The molecule has 9 heteroatoms. The number of fused-ring (bicyclic) bond motifs is 3. The highest BCUT2D eigenvalue weighted by Crippen LogP contribution is 2.56. The second kappa shape index (κ2) is 9.62. The summed E-state index contributed by atoms with van der Waals surface area (Å²) in [5.74, 6) is -4.75. The van der Waals surface area contributed by atoms with Crippen LogP contribution in [0, 0.1) is 23.2 Å². The number of phenolic OH excluding ortho intramolecular Hbond substituents is 1. The van der Waals surface area contributed by atoms with Gasteiger partial charge in [-0.15, -0.1) is 0 Å². The molecule has 0 saturated heterocycles. The van der Waals surface area contributed by atoms with Crippen molar-refractivity contribution in [2.75, 3.05) is 14.1 Å². The number of aliphatic hydroxyl groups is 2. The second-order valence-corrected chi connectivity index (χ2v) is 12.0. The molecule has 0 aliphatic heterocycles. The SMILES string of the molecule is CN(C)C1C(=O)C(C(N)=O)=C(O)[C@]2(C)C(=O)C3=C(O)c4c(O)ccc(C(=O)CC5CCCCC5)c4C[C@@H]3C[C@H]12. The van der Waals surface area contributed by atoms with Crippen LogP contribution in [0.15, 0.2) is 29.0 Å². The Morgan fingerprint density at radius 2 is 1.74 bits per heavy atom. The van der Waals surface area contributed by atoms with E-state index in [0.29, 0.717) is 23.5 Å². The largest absolute Gasteiger partial charge is 0.510 e. The van der Waals surface area contributed by atoms with Gasteiger partial charge in [-0.2, -0.15) is 0 Å². The summed E-state index contributed by atoms with van der Waals surface area (Å²) in [6, 6.07) is 2.05. The number of carbonyl (C=O) groups excluding carboxylic acids is 4. The van der Waals surface area contributed by atoms with Crippen molar-refractivity contribution in [2.45, 2.75) is 64.3 Å². The summed E-state index contributed by atoms with van der Waals surface area (Å²) in [6.45, 7) is 1.47. The first-order valence-corrected chi connectivity index (χ1v) is 13.7. The van der Waals surface area contributed by atoms with Crippen LogP contribution in [0.1, 0.15) is 73.4 Å². The molecule has 0 heterocycles. The highest BCUT2D eigenvalue weighted by Gasteiger charge is 2.62. The Morgan fingerprint density at radius 3 is 2.36 bits per heavy atom. The standard InChI is InChI=1S/C30H36N2O7/c1-30-18(24(32(2)3)26(36)23(28(30)38)29(31)39)13-15-12-17-16(20(34)11-14-7-5-4-6-8-14)9-10-19(33)22(17)25(35)21(15)27(30)37/h9-10,14-15,18,24,33,35,38H,4-8,11-13H2,1-3H3,(H2,31,39)/t15-,18-,24?,30+/m1/s1. The number of nitrogens with two attached hydrogens (primary N) is 1. The quantitative estimate of drug-likeness (QED) is 0.329. The average Bonchev–Trinajstić information content (AvgIpc) is 2.86. The normalized spacial score (nSPS) is 29.3. The number of allylic oxidation sites excluding steroid dienone is 2. The Balaban J connectivity index is 1.63. The van der Waals surface area contributed by atoms with Gasteiger partial charge in [-0.05, 0) is 63.4 Å². The van der Waals surface area contributed by atoms with E-state index in [4.69, 9.17) is 5.73 Å². The summed E-state index contributed by atoms with van der Waals surface area (Å²) in [4.78, 5) is 54.7. The number of carbonyl (C=O) groups is 4. The van der Waals surface area contributed by atoms with Gasteiger partial charge in [0.2, 0.25) is 0 Å². The fraction of sp³-hybridized carbons (Fsp3) is 0.533. The molecule has 1 unspecified atom stereocenters. The lowest BCUT2D eigenvalue weighted by Gasteiger charge is -2.51. The average molecular weight is 537 g/mol. The van der Waals surface area contributed by atoms with Crippen molar-refractivity contribution in [3.63, 3.8) is 0 Å². The minimum atomic E-state index is -1.69. The monoisotopic (exact) mass is 536 g/mol. The fourth-order valence-corrected chi connectivity index (χ4v) is 7.56. The molecule has 1 aromatic carbocycles. The van der Waals surface area contributed by atoms with Crippen LogP contribution < -0.4 is 5.73 Å². The smallest absolute Gasteiger partial charge is 0.255 e. The van der Waals surface area contributed by atoms with Crippen molar-refractivity contribution in [1.29, 1.82) is 0 Å². The number of hydrogen-bond acceptors (Lipinski definition) is 8. The summed E-state index contributed by atoms with van der Waals surface area (Å²) >= 11 is 0. The van der Waals surface area contributed by atoms with Crippen LogP contribution in [0.5, 0.6) is 5.75 Å². The van der Waals surface area contributed by atoms with Gasteiger partial charge in [0.15, 0.2) is 17.3 Å². The summed E-state index contributed by atoms with van der Waals surface area (Å²) in [5.41, 5.74) is 4.18. The maximum Gasteiger partial charge on any atom is 0.255 e. The fourth-order valence-electron chi connectivity index (χ4n) is 7.56. The van der Waals surface area contributed by atoms with Crippen molar-refractivity contribution in [2.24, 2.45) is 28.9 Å². The molecule has 2 fully saturated rings. The summed E-state index contributed by atoms with van der Waals surface area (Å²) in [7, 11) is 3.32. The topological polar surface area (TPSA) is 158 Å². The summed E-state index contributed by atoms with van der Waals surface area (Å²) in [5, 5.41) is 33.4. The Bertz CT molecular complexity index is 1350. The molecule has 0 radical (unpaired) electrons. The number of rotatable bonds is 5. The lowest BCUT2D eigenvalue weighted by molar-refractivity contribution is -0.139. The third kappa shape index (κ3) is 4.01. The first kappa shape index (κ1) is 27.1. The zero-order valence-corrected chi connectivity index (χ0v) is 22.6. The van der Waals surface area contributed by atoms with Crippen LogP contribution in [0.2, 0.25) is 0 Å². The lowest BCUT2D eigenvalue weighted by atomic mass is 9.52. The number of hydrogen-bond donors (Lipinski definition) is 4. The van der Waals surface area contributed by atoms with Crippen LogP contribution >= 0.6 is 0 Å². The first-order valence-electron chi connectivity index (χ1n) is 13.7. The number of Topliss-reactive ketones (excluding diaryl/α,β-unsaturated/α-hetero) is 3. The van der Waals surface area contributed by atoms with Crippen LogP contribution in [0.3, 0.4) is 0 Å². The van der Waals surface area contributed by atoms with E-state index in [0.717, 1.165) is 25.7 Å². The highest BCUT2D eigenvalue weighted by molar-refractivity contribution is 6.24. The molecule has 4 atom stereocenters. The van der Waals surface area contributed by atoms with E-state index in [1.54, 1.807) is 25.1 Å². The molecule has 4 aliphatic rings. The minimum absolute atomic E-state index is 0.0238. The molecule has 0 aromatic heterocycles. The van der Waals surface area contributed by atoms with E-state index in [1.165, 1.54) is 19.4 Å². The molecule has 0 bridgehead atoms. The predicted molar refractivity (Wildman–Crippen MR) is 143 cm³/mol. The zero-order valence-electron chi connectivity index (χ0n) is 22.6. The highest BCUT2D eigenvalue weighted by atomic mass is 16.3. The number of benzene rings is 1. The molecule has 208 valence electrons. The van der Waals surface area contributed by atoms with Gasteiger partial charge in [-0.25, -0.2) is 0 Å². The summed E-state index contributed by atoms with van der Waals surface area (Å²) < 4.78 is 0. The number of primary amides is 1. The molecule has 4 aliphatic carbocycles. The molecule has 9 nitrogen and oxygen atoms in total. The molecule has 1 aromatic rings. The van der Waals surface area contributed by atoms with Crippen molar-refractivity contribution in [1.82, 2.24) is 4.90 Å². The Hall–Kier alpha value is -3.46. The van der Waals surface area contributed by atoms with Gasteiger partial charge in [-0.3, -0.25) is 24.1 Å². The van der Waals surface area contributed by atoms with E-state index < -0.39 is 57.9 Å². The van der Waals surface area contributed by atoms with E-state index in [9.17, 15) is 34.5 Å². The number of aromatic hydroxyl groups is 1. The number of nitrogens with zero attached hydrogens (tertiary/aromatic N) is 1. The first-order chi connectivity index (χ1) is 18.4. The number of phenols is 1. The van der Waals surface area contributed by atoms with Gasteiger partial charge in [0, 0.05) is 23.5 Å². The second-order valence-electron chi connectivity index (χ2n) is 12.0. The van der Waals surface area contributed by atoms with E-state index in [-0.39, 0.29) is 35.5 Å². The third-order valence-corrected chi connectivity index (χ3v) is 9.56. The zero-order chi connectivity index (χ0) is 28.4. The van der Waals surface area contributed by atoms with Crippen LogP contribution in [-0.2, 0) is 20.8 Å². The van der Waals surface area contributed by atoms with Crippen LogP contribution in [0.4, 0.5) is 0 Å². The van der Waals surface area contributed by atoms with Crippen LogP contribution in [-0.4, -0.2) is 63.6 Å². The van der Waals surface area contributed by atoms with Gasteiger partial charge in [0.25, 0.3) is 5.91 Å². The lowest BCUT2D eigenvalue weighted by Crippen LogP contribution is -2.60. The van der Waals surface area contributed by atoms with Gasteiger partial charge in [-0.1, -0.05) is 32.1 Å². The minimum Gasteiger partial charge on any atom is -0.510 e. The third-order valence-electron chi connectivity index (χ3n) is 9.56. The Kier molecular flexibility index (Phi) is 6.69. The Morgan fingerprint density at radius 1 is 1.08 bits per heavy atom. The molecule has 5 N–H and O–H groups in total. The van der Waals surface area contributed by atoms with Crippen molar-refractivity contribution in [3.05, 3.63) is 45.7 Å². The predicted octanol–water partition coefficient (Wildman–Crippen LogP) is 3.39. The molecular formula is C30H36N2O7. The van der Waals surface area contributed by atoms with Gasteiger partial charge in [0.1, 0.15) is 22.8 Å². The van der Waals surface area contributed by atoms with E-state index in [2.05, 4.69) is 0 Å². The maximum absolute atomic E-state index is 14.1. The van der Waals surface area contributed by atoms with Crippen molar-refractivity contribution < 1.29 is 34.5 Å². The number of aliphatic hydroxyl groups excluding tert-OH is 2. The number of likely N-dealkylation sites (N-methyl/N-ethyl adjacent to an activating group) is 1. The van der Waals surface area contributed by atoms with E-state index >= 15 is 0 Å². The molecule has 39 heavy (non-hydrogen) atoms. The van der Waals surface area contributed by atoms with Crippen molar-refractivity contribution in [3.8, 4) is 5.75 Å². The van der Waals surface area contributed by atoms with Crippen LogP contribution in [0.25, 0.3) is 5.76 Å². The molecule has 2 saturated carbocycles. The van der Waals surface area contributed by atoms with Gasteiger partial charge >= 0.3 is 0 Å². The molecule has 1 amide bonds. The summed E-state index contributed by atoms with van der Waals surface area (Å²) in [6.07, 6.45) is 6.24. The van der Waals surface area contributed by atoms with E-state index in [1.807, 2.05) is 0 Å². The van der Waals surface area contributed by atoms with Gasteiger partial charge < -0.3 is 21.1 Å². The molecule has 5 rings (SSSR count). The van der Waals surface area contributed by atoms with Gasteiger partial charge in [0.05, 0.1) is 17.0 Å². The Labute approximate surface area is 227 Å².